The third-order valence-electron chi connectivity index (χ3n) is 5.11. The number of benzene rings is 3. The van der Waals surface area contributed by atoms with E-state index in [9.17, 15) is 17.6 Å². The summed E-state index contributed by atoms with van der Waals surface area (Å²) >= 11 is 0. The third-order valence-corrected chi connectivity index (χ3v) is 6.37. The van der Waals surface area contributed by atoms with E-state index in [2.05, 4.69) is 5.32 Å². The van der Waals surface area contributed by atoms with Crippen LogP contribution in [0.15, 0.2) is 77.7 Å². The first-order chi connectivity index (χ1) is 15.3. The van der Waals surface area contributed by atoms with E-state index in [-0.39, 0.29) is 22.7 Å². The van der Waals surface area contributed by atoms with Crippen molar-refractivity contribution in [2.45, 2.75) is 37.2 Å². The molecule has 1 aliphatic rings. The molecule has 0 radical (unpaired) electrons. The summed E-state index contributed by atoms with van der Waals surface area (Å²) in [6, 6.07) is 18.5. The molecule has 0 bridgehead atoms. The molecular weight excluding hydrogens is 431 g/mol. The average molecular weight is 455 g/mol. The fourth-order valence-corrected chi connectivity index (χ4v) is 4.18. The second-order valence-corrected chi connectivity index (χ2v) is 9.34. The van der Waals surface area contributed by atoms with Crippen LogP contribution in [0.5, 0.6) is 5.75 Å². The Morgan fingerprint density at radius 3 is 2.41 bits per heavy atom. The summed E-state index contributed by atoms with van der Waals surface area (Å²) in [7, 11) is -4.10. The summed E-state index contributed by atoms with van der Waals surface area (Å²) in [5.41, 5.74) is 2.56. The van der Waals surface area contributed by atoms with Gasteiger partial charge in [0.15, 0.2) is 0 Å². The van der Waals surface area contributed by atoms with Crippen molar-refractivity contribution in [2.24, 2.45) is 0 Å². The lowest BCUT2D eigenvalue weighted by molar-refractivity contribution is 0.206. The van der Waals surface area contributed by atoms with E-state index < -0.39 is 15.9 Å². The number of carbonyl (C=O) groups excluding carboxylic acids is 1. The molecule has 1 saturated carbocycles. The van der Waals surface area contributed by atoms with E-state index in [0.717, 1.165) is 48.2 Å². The average Bonchev–Trinajstić information content (AvgIpc) is 3.59. The highest BCUT2D eigenvalue weighted by molar-refractivity contribution is 7.87. The molecule has 1 N–H and O–H groups in total. The lowest BCUT2D eigenvalue weighted by Gasteiger charge is -2.23. The Morgan fingerprint density at radius 2 is 1.75 bits per heavy atom. The highest BCUT2D eigenvalue weighted by Crippen LogP contribution is 2.30. The Labute approximate surface area is 186 Å². The standard InChI is InChI=1S/C24H23FN2O4S/c1-17-5-9-20(10-6-17)26-24(28)27(21-11-12-21)16-18-3-2-4-22(15-18)31-32(29,30)23-13-7-19(25)8-14-23/h2-10,13-15,21H,11-12,16H2,1H3,(H,26,28). The van der Waals surface area contributed by atoms with Crippen LogP contribution in [-0.2, 0) is 16.7 Å². The Kier molecular flexibility index (Phi) is 6.14. The van der Waals surface area contributed by atoms with Gasteiger partial charge >= 0.3 is 16.1 Å². The van der Waals surface area contributed by atoms with Gasteiger partial charge < -0.3 is 14.4 Å². The number of aryl methyl sites for hydroxylation is 1. The van der Waals surface area contributed by atoms with Gasteiger partial charge in [0, 0.05) is 18.3 Å². The van der Waals surface area contributed by atoms with Crippen LogP contribution in [0.3, 0.4) is 0 Å². The molecule has 0 atom stereocenters. The highest BCUT2D eigenvalue weighted by Gasteiger charge is 2.32. The van der Waals surface area contributed by atoms with Crippen molar-refractivity contribution < 1.29 is 21.8 Å². The van der Waals surface area contributed by atoms with Crippen LogP contribution in [0, 0.1) is 12.7 Å². The largest absolute Gasteiger partial charge is 0.379 e. The first-order valence-corrected chi connectivity index (χ1v) is 11.6. The maximum absolute atomic E-state index is 13.1. The van der Waals surface area contributed by atoms with Crippen LogP contribution in [0.1, 0.15) is 24.0 Å². The molecule has 0 saturated heterocycles. The lowest BCUT2D eigenvalue weighted by Crippen LogP contribution is -2.36. The van der Waals surface area contributed by atoms with Crippen molar-refractivity contribution in [3.63, 3.8) is 0 Å². The molecule has 0 aromatic heterocycles. The Hall–Kier alpha value is -3.39. The van der Waals surface area contributed by atoms with Gasteiger partial charge in [0.2, 0.25) is 0 Å². The summed E-state index contributed by atoms with van der Waals surface area (Å²) in [5.74, 6) is -0.406. The predicted molar refractivity (Wildman–Crippen MR) is 119 cm³/mol. The van der Waals surface area contributed by atoms with Crippen LogP contribution in [0.4, 0.5) is 14.9 Å². The molecular formula is C24H23FN2O4S. The molecule has 2 amide bonds. The fraction of sp³-hybridized carbons (Fsp3) is 0.208. The second-order valence-electron chi connectivity index (χ2n) is 7.79. The van der Waals surface area contributed by atoms with Gasteiger partial charge in [-0.1, -0.05) is 29.8 Å². The minimum Gasteiger partial charge on any atom is -0.379 e. The molecule has 4 rings (SSSR count). The summed E-state index contributed by atoms with van der Waals surface area (Å²) < 4.78 is 43.3. The van der Waals surface area contributed by atoms with Gasteiger partial charge in [0.1, 0.15) is 16.5 Å². The topological polar surface area (TPSA) is 75.7 Å². The molecule has 1 fully saturated rings. The molecule has 6 nitrogen and oxygen atoms in total. The van der Waals surface area contributed by atoms with Gasteiger partial charge in [0.05, 0.1) is 0 Å². The van der Waals surface area contributed by atoms with Gasteiger partial charge in [-0.05, 0) is 73.9 Å². The van der Waals surface area contributed by atoms with Crippen molar-refractivity contribution in [2.75, 3.05) is 5.32 Å². The van der Waals surface area contributed by atoms with Gasteiger partial charge in [-0.3, -0.25) is 0 Å². The SMILES string of the molecule is Cc1ccc(NC(=O)N(Cc2cccc(OS(=O)(=O)c3ccc(F)cc3)c2)C2CC2)cc1. The Morgan fingerprint density at radius 1 is 1.06 bits per heavy atom. The van der Waals surface area contributed by atoms with E-state index in [1.807, 2.05) is 37.3 Å². The number of carbonyl (C=O) groups is 1. The number of anilines is 1. The molecule has 0 unspecified atom stereocenters. The van der Waals surface area contributed by atoms with Gasteiger partial charge in [0.25, 0.3) is 0 Å². The zero-order valence-electron chi connectivity index (χ0n) is 17.5. The van der Waals surface area contributed by atoms with Crippen molar-refractivity contribution in [1.29, 1.82) is 0 Å². The maximum atomic E-state index is 13.1. The lowest BCUT2D eigenvalue weighted by atomic mass is 10.2. The fourth-order valence-electron chi connectivity index (χ4n) is 3.25. The predicted octanol–water partition coefficient (Wildman–Crippen LogP) is 5.10. The van der Waals surface area contributed by atoms with Crippen molar-refractivity contribution in [3.05, 3.63) is 89.7 Å². The van der Waals surface area contributed by atoms with Crippen LogP contribution < -0.4 is 9.50 Å². The van der Waals surface area contributed by atoms with E-state index >= 15 is 0 Å². The quantitative estimate of drug-likeness (QED) is 0.504. The summed E-state index contributed by atoms with van der Waals surface area (Å²) in [6.07, 6.45) is 1.85. The number of urea groups is 1. The molecule has 3 aromatic rings. The molecule has 32 heavy (non-hydrogen) atoms. The second kappa shape index (κ2) is 9.00. The van der Waals surface area contributed by atoms with Crippen LogP contribution in [0.2, 0.25) is 0 Å². The monoisotopic (exact) mass is 454 g/mol. The van der Waals surface area contributed by atoms with Crippen LogP contribution >= 0.6 is 0 Å². The molecule has 0 aliphatic heterocycles. The number of hydrogen-bond acceptors (Lipinski definition) is 4. The molecule has 166 valence electrons. The zero-order valence-corrected chi connectivity index (χ0v) is 18.3. The molecule has 3 aromatic carbocycles. The summed E-state index contributed by atoms with van der Waals surface area (Å²) in [5, 5.41) is 2.92. The van der Waals surface area contributed by atoms with Gasteiger partial charge in [-0.25, -0.2) is 9.18 Å². The first kappa shape index (κ1) is 21.8. The minimum atomic E-state index is -4.10. The van der Waals surface area contributed by atoms with Crippen molar-refractivity contribution >= 4 is 21.8 Å². The van der Waals surface area contributed by atoms with E-state index in [4.69, 9.17) is 4.18 Å². The number of hydrogen-bond donors (Lipinski definition) is 1. The maximum Gasteiger partial charge on any atom is 0.339 e. The minimum absolute atomic E-state index is 0.126. The number of rotatable bonds is 7. The van der Waals surface area contributed by atoms with E-state index in [1.54, 1.807) is 17.0 Å². The van der Waals surface area contributed by atoms with E-state index in [1.165, 1.54) is 6.07 Å². The number of amides is 2. The Bertz CT molecular complexity index is 1210. The van der Waals surface area contributed by atoms with Crippen LogP contribution in [0.25, 0.3) is 0 Å². The molecule has 8 heteroatoms. The smallest absolute Gasteiger partial charge is 0.339 e. The zero-order chi connectivity index (χ0) is 22.7. The van der Waals surface area contributed by atoms with Gasteiger partial charge in [-0.15, -0.1) is 0 Å². The Balaban J connectivity index is 1.47. The third kappa shape index (κ3) is 5.45. The number of nitrogens with one attached hydrogen (secondary N) is 1. The normalized spacial score (nSPS) is 13.4. The van der Waals surface area contributed by atoms with Gasteiger partial charge in [-0.2, -0.15) is 8.42 Å². The highest BCUT2D eigenvalue weighted by atomic mass is 32.2. The van der Waals surface area contributed by atoms with Crippen molar-refractivity contribution in [1.82, 2.24) is 4.90 Å². The number of nitrogens with zero attached hydrogens (tertiary/aromatic N) is 1. The van der Waals surface area contributed by atoms with Crippen molar-refractivity contribution in [3.8, 4) is 5.75 Å². The first-order valence-electron chi connectivity index (χ1n) is 10.2. The number of halogens is 1. The molecule has 0 spiro atoms. The summed E-state index contributed by atoms with van der Waals surface area (Å²) in [6.45, 7) is 2.30. The van der Waals surface area contributed by atoms with E-state index in [0.29, 0.717) is 12.2 Å². The molecule has 0 heterocycles. The van der Waals surface area contributed by atoms with Crippen LogP contribution in [-0.4, -0.2) is 25.4 Å². The summed E-state index contributed by atoms with van der Waals surface area (Å²) in [4.78, 5) is 14.5. The molecule has 1 aliphatic carbocycles.